The smallest absolute Gasteiger partial charge is 0.264 e. The van der Waals surface area contributed by atoms with Crippen LogP contribution in [0.3, 0.4) is 0 Å². The van der Waals surface area contributed by atoms with Crippen LogP contribution in [0.1, 0.15) is 38.1 Å². The van der Waals surface area contributed by atoms with E-state index in [1.165, 1.54) is 6.07 Å². The minimum atomic E-state index is -4.23. The van der Waals surface area contributed by atoms with E-state index in [2.05, 4.69) is 26.1 Å². The summed E-state index contributed by atoms with van der Waals surface area (Å²) in [5.74, 6) is -1.23. The lowest BCUT2D eigenvalue weighted by Crippen LogP contribution is -2.33. The highest BCUT2D eigenvalue weighted by Gasteiger charge is 2.22. The average molecular weight is 336 g/mol. The molecule has 21 heavy (non-hydrogen) atoms. The van der Waals surface area contributed by atoms with Gasteiger partial charge < -0.3 is 5.32 Å². The highest BCUT2D eigenvalue weighted by atomic mass is 35.7. The van der Waals surface area contributed by atoms with Gasteiger partial charge in [0.15, 0.2) is 0 Å². The Morgan fingerprint density at radius 2 is 1.95 bits per heavy atom. The number of halogens is 2. The van der Waals surface area contributed by atoms with Gasteiger partial charge in [-0.1, -0.05) is 27.7 Å². The van der Waals surface area contributed by atoms with Crippen LogP contribution in [0, 0.1) is 17.2 Å². The second-order valence-corrected chi connectivity index (χ2v) is 8.59. The van der Waals surface area contributed by atoms with Crippen molar-refractivity contribution in [1.29, 1.82) is 0 Å². The van der Waals surface area contributed by atoms with Gasteiger partial charge in [0.2, 0.25) is 0 Å². The largest absolute Gasteiger partial charge is 0.352 e. The molecule has 1 rings (SSSR count). The summed E-state index contributed by atoms with van der Waals surface area (Å²) in [5, 5.41) is 2.70. The highest BCUT2D eigenvalue weighted by molar-refractivity contribution is 8.13. The molecule has 0 heterocycles. The molecule has 0 spiro atoms. The number of nitrogens with one attached hydrogen (secondary N) is 1. The van der Waals surface area contributed by atoms with Crippen molar-refractivity contribution in [2.24, 2.45) is 11.3 Å². The van der Waals surface area contributed by atoms with Gasteiger partial charge in [0.25, 0.3) is 15.0 Å². The third-order valence-corrected chi connectivity index (χ3v) is 4.84. The van der Waals surface area contributed by atoms with Crippen LogP contribution in [0.4, 0.5) is 4.39 Å². The van der Waals surface area contributed by atoms with Gasteiger partial charge in [-0.2, -0.15) is 0 Å². The van der Waals surface area contributed by atoms with Gasteiger partial charge in [-0.3, -0.25) is 4.79 Å². The Labute approximate surface area is 129 Å². The van der Waals surface area contributed by atoms with Crippen LogP contribution in [0.5, 0.6) is 0 Å². The Balaban J connectivity index is 2.90. The first-order valence-electron chi connectivity index (χ1n) is 6.45. The number of hydrogen-bond acceptors (Lipinski definition) is 3. The number of rotatable bonds is 4. The molecule has 1 unspecified atom stereocenters. The van der Waals surface area contributed by atoms with Crippen LogP contribution < -0.4 is 5.32 Å². The summed E-state index contributed by atoms with van der Waals surface area (Å²) in [5.41, 5.74) is 0.0810. The molecule has 0 aliphatic heterocycles. The minimum absolute atomic E-state index is 0.0285. The van der Waals surface area contributed by atoms with Gasteiger partial charge >= 0.3 is 0 Å². The van der Waals surface area contributed by atoms with Crippen LogP contribution in [-0.2, 0) is 9.05 Å². The van der Waals surface area contributed by atoms with Crippen LogP contribution in [0.15, 0.2) is 23.1 Å². The fourth-order valence-electron chi connectivity index (χ4n) is 1.49. The number of hydrogen-bond donors (Lipinski definition) is 1. The first kappa shape index (κ1) is 17.9. The summed E-state index contributed by atoms with van der Waals surface area (Å²) in [6, 6.07) is 3.07. The number of amides is 1. The van der Waals surface area contributed by atoms with Gasteiger partial charge in [0.05, 0.1) is 0 Å². The molecule has 0 aliphatic carbocycles. The molecule has 0 fully saturated rings. The quantitative estimate of drug-likeness (QED) is 0.860. The standard InChI is InChI=1S/C14H19ClFNO3S/c1-9(14(2,3)4)8-17-13(18)10-5-6-11(16)12(7-10)21(15,19)20/h5-7,9H,8H2,1-4H3,(H,17,18). The molecule has 1 amide bonds. The molecule has 7 heteroatoms. The first-order valence-corrected chi connectivity index (χ1v) is 8.76. The van der Waals surface area contributed by atoms with Gasteiger partial charge in [0.1, 0.15) is 10.7 Å². The monoisotopic (exact) mass is 335 g/mol. The Kier molecular flexibility index (Phi) is 5.39. The Bertz CT molecular complexity index is 638. The van der Waals surface area contributed by atoms with Crippen molar-refractivity contribution in [2.45, 2.75) is 32.6 Å². The predicted molar refractivity (Wildman–Crippen MR) is 80.4 cm³/mol. The predicted octanol–water partition coefficient (Wildman–Crippen LogP) is 3.17. The van der Waals surface area contributed by atoms with E-state index in [-0.39, 0.29) is 16.9 Å². The lowest BCUT2D eigenvalue weighted by atomic mass is 9.82. The SMILES string of the molecule is CC(CNC(=O)c1ccc(F)c(S(=O)(=O)Cl)c1)C(C)(C)C. The van der Waals surface area contributed by atoms with Gasteiger partial charge in [-0.15, -0.1) is 0 Å². The highest BCUT2D eigenvalue weighted by Crippen LogP contribution is 2.24. The zero-order chi connectivity index (χ0) is 16.4. The molecule has 0 bridgehead atoms. The van der Waals surface area contributed by atoms with Crippen molar-refractivity contribution in [1.82, 2.24) is 5.32 Å². The molecule has 4 nitrogen and oxygen atoms in total. The molecule has 118 valence electrons. The van der Waals surface area contributed by atoms with E-state index in [0.29, 0.717) is 6.54 Å². The summed E-state index contributed by atoms with van der Waals surface area (Å²) in [7, 11) is 0.902. The second kappa shape index (κ2) is 6.32. The van der Waals surface area contributed by atoms with Crippen molar-refractivity contribution in [2.75, 3.05) is 6.54 Å². The van der Waals surface area contributed by atoms with E-state index in [1.807, 2.05) is 6.92 Å². The van der Waals surface area contributed by atoms with Crippen molar-refractivity contribution in [3.8, 4) is 0 Å². The van der Waals surface area contributed by atoms with E-state index >= 15 is 0 Å². The summed E-state index contributed by atoms with van der Waals surface area (Å²) in [6.45, 7) is 8.60. The third kappa shape index (κ3) is 4.97. The molecule has 0 aromatic heterocycles. The summed E-state index contributed by atoms with van der Waals surface area (Å²) in [6.07, 6.45) is 0. The molecule has 1 aromatic rings. The molecular weight excluding hydrogens is 317 g/mol. The van der Waals surface area contributed by atoms with Gasteiger partial charge in [-0.05, 0) is 29.5 Å². The molecule has 0 saturated carbocycles. The average Bonchev–Trinajstić information content (AvgIpc) is 2.33. The lowest BCUT2D eigenvalue weighted by molar-refractivity contribution is 0.0937. The first-order chi connectivity index (χ1) is 9.43. The van der Waals surface area contributed by atoms with Crippen molar-refractivity contribution >= 4 is 25.6 Å². The lowest BCUT2D eigenvalue weighted by Gasteiger charge is -2.27. The number of carbonyl (C=O) groups excluding carboxylic acids is 1. The zero-order valence-electron chi connectivity index (χ0n) is 12.4. The normalized spacial score (nSPS) is 13.8. The summed E-state index contributed by atoms with van der Waals surface area (Å²) in [4.78, 5) is 11.3. The van der Waals surface area contributed by atoms with Crippen molar-refractivity contribution in [3.05, 3.63) is 29.6 Å². The van der Waals surface area contributed by atoms with Crippen LogP contribution in [-0.4, -0.2) is 20.9 Å². The maximum atomic E-state index is 13.4. The molecule has 1 N–H and O–H groups in total. The number of carbonyl (C=O) groups is 1. The van der Waals surface area contributed by atoms with Crippen LogP contribution in [0.2, 0.25) is 0 Å². The van der Waals surface area contributed by atoms with E-state index in [4.69, 9.17) is 10.7 Å². The fourth-order valence-corrected chi connectivity index (χ4v) is 2.41. The fraction of sp³-hybridized carbons (Fsp3) is 0.500. The maximum Gasteiger partial charge on any atom is 0.264 e. The molecule has 0 aliphatic rings. The Morgan fingerprint density at radius 1 is 1.38 bits per heavy atom. The van der Waals surface area contributed by atoms with Gasteiger partial charge in [0, 0.05) is 22.8 Å². The summed E-state index contributed by atoms with van der Waals surface area (Å²) < 4.78 is 35.8. The van der Waals surface area contributed by atoms with Crippen LogP contribution >= 0.6 is 10.7 Å². The molecule has 0 radical (unpaired) electrons. The van der Waals surface area contributed by atoms with Crippen molar-refractivity contribution < 1.29 is 17.6 Å². The molecule has 1 aromatic carbocycles. The third-order valence-electron chi connectivity index (χ3n) is 3.50. The van der Waals surface area contributed by atoms with E-state index in [9.17, 15) is 17.6 Å². The molecule has 1 atom stereocenters. The number of benzene rings is 1. The Hall–Kier alpha value is -1.14. The second-order valence-electron chi connectivity index (χ2n) is 6.06. The van der Waals surface area contributed by atoms with Crippen molar-refractivity contribution in [3.63, 3.8) is 0 Å². The maximum absolute atomic E-state index is 13.4. The van der Waals surface area contributed by atoms with Gasteiger partial charge in [-0.25, -0.2) is 12.8 Å². The molecular formula is C14H19ClFNO3S. The Morgan fingerprint density at radius 3 is 2.43 bits per heavy atom. The molecule has 0 saturated heterocycles. The van der Waals surface area contributed by atoms with E-state index in [1.54, 1.807) is 0 Å². The zero-order valence-corrected chi connectivity index (χ0v) is 14.0. The summed E-state index contributed by atoms with van der Waals surface area (Å²) >= 11 is 0. The topological polar surface area (TPSA) is 63.2 Å². The minimum Gasteiger partial charge on any atom is -0.352 e. The van der Waals surface area contributed by atoms with E-state index < -0.39 is 25.7 Å². The van der Waals surface area contributed by atoms with Crippen LogP contribution in [0.25, 0.3) is 0 Å². The van der Waals surface area contributed by atoms with E-state index in [0.717, 1.165) is 12.1 Å².